The van der Waals surface area contributed by atoms with Gasteiger partial charge in [-0.2, -0.15) is 0 Å². The van der Waals surface area contributed by atoms with E-state index in [-0.39, 0.29) is 5.04 Å². The van der Waals surface area contributed by atoms with Gasteiger partial charge in [0.15, 0.2) is 0 Å². The van der Waals surface area contributed by atoms with Gasteiger partial charge in [0.05, 0.1) is 0 Å². The monoisotopic (exact) mass is 567 g/mol. The molecule has 0 fully saturated rings. The first kappa shape index (κ1) is 29.3. The van der Waals surface area contributed by atoms with E-state index < -0.39 is 26.7 Å². The Balaban J connectivity index is 3.29. The third-order valence-corrected chi connectivity index (χ3v) is 26.8. The third kappa shape index (κ3) is 8.88. The summed E-state index contributed by atoms with van der Waals surface area (Å²) in [4.78, 5) is 11.6. The molecule has 0 aromatic heterocycles. The van der Waals surface area contributed by atoms with Crippen LogP contribution in [0.5, 0.6) is 5.75 Å². The zero-order chi connectivity index (χ0) is 24.3. The van der Waals surface area contributed by atoms with Gasteiger partial charge in [-0.3, -0.25) is 0 Å². The number of carbonyl (C=O) groups excluding carboxylic acids is 1. The third-order valence-electron chi connectivity index (χ3n) is 7.18. The molecule has 1 N–H and O–H groups in total. The van der Waals surface area contributed by atoms with E-state index in [0.717, 1.165) is 12.2 Å². The fourth-order valence-corrected chi connectivity index (χ4v) is 20.7. The number of benzene rings is 1. The molecule has 0 radical (unpaired) electrons. The van der Waals surface area contributed by atoms with Gasteiger partial charge in [-0.05, 0) is 0 Å². The molecule has 1 amide bonds. The van der Waals surface area contributed by atoms with E-state index in [1.807, 2.05) is 0 Å². The van der Waals surface area contributed by atoms with Gasteiger partial charge in [0.25, 0.3) is 0 Å². The van der Waals surface area contributed by atoms with Gasteiger partial charge in [-0.15, -0.1) is 0 Å². The molecule has 0 bridgehead atoms. The number of nitrogens with one attached hydrogen (secondary N) is 1. The molecule has 0 aliphatic heterocycles. The van der Waals surface area contributed by atoms with Crippen molar-refractivity contribution in [2.45, 2.75) is 112 Å². The van der Waals surface area contributed by atoms with Crippen molar-refractivity contribution >= 4 is 39.2 Å². The molecule has 0 atom stereocenters. The molecule has 32 heavy (non-hydrogen) atoms. The Labute approximate surface area is 203 Å². The van der Waals surface area contributed by atoms with Crippen LogP contribution in [-0.2, 0) is 4.79 Å². The molecule has 1 aromatic rings. The van der Waals surface area contributed by atoms with Crippen LogP contribution in [0.1, 0.15) is 85.6 Å². The Morgan fingerprint density at radius 1 is 0.938 bits per heavy atom. The molecule has 3 nitrogen and oxygen atoms in total. The van der Waals surface area contributed by atoms with Crippen LogP contribution < -0.4 is 9.74 Å². The van der Waals surface area contributed by atoms with Crippen LogP contribution in [0.25, 0.3) is 6.08 Å². The van der Waals surface area contributed by atoms with Gasteiger partial charge in [0.2, 0.25) is 0 Å². The first-order chi connectivity index (χ1) is 15.0. The average molecular weight is 566 g/mol. The van der Waals surface area contributed by atoms with E-state index in [1.54, 1.807) is 0 Å². The summed E-state index contributed by atoms with van der Waals surface area (Å²) >= 11 is -2.70. The number of hydrogen-bond acceptors (Lipinski definition) is 2. The van der Waals surface area contributed by atoms with Crippen LogP contribution in [0, 0.1) is 0 Å². The molecule has 1 rings (SSSR count). The van der Waals surface area contributed by atoms with Crippen LogP contribution in [0.15, 0.2) is 28.0 Å². The van der Waals surface area contributed by atoms with Crippen LogP contribution in [0.4, 0.5) is 0 Å². The van der Waals surface area contributed by atoms with E-state index >= 15 is 0 Å². The second-order valence-corrected chi connectivity index (χ2v) is 28.7. The van der Waals surface area contributed by atoms with E-state index in [2.05, 4.69) is 90.3 Å². The van der Waals surface area contributed by atoms with Crippen molar-refractivity contribution < 1.29 is 9.22 Å². The summed E-state index contributed by atoms with van der Waals surface area (Å²) in [5.74, 6) is 0.955. The van der Waals surface area contributed by atoms with E-state index in [9.17, 15) is 4.79 Å². The Morgan fingerprint density at radius 3 is 1.78 bits per heavy atom. The normalized spacial score (nSPS) is 13.2. The standard InChI is InChI=1S/C15H22NO2Si.3C4H9.Sn/c1-15(2,3)19(4,5)18-14-8-6-13(7-9-14)10-11-16-12-17;3*1-3-4-2;/h6-10,12H,1-5H3,(H,16,17);3*1,3-4H2,2H3;. The van der Waals surface area contributed by atoms with Gasteiger partial charge < -0.3 is 0 Å². The molecular formula is C27H49NO2SiSn. The molecule has 0 saturated heterocycles. The van der Waals surface area contributed by atoms with Gasteiger partial charge in [-0.25, -0.2) is 0 Å². The molecule has 182 valence electrons. The number of unbranched alkanes of at least 4 members (excludes halogenated alkanes) is 3. The summed E-state index contributed by atoms with van der Waals surface area (Å²) in [7, 11) is -1.85. The van der Waals surface area contributed by atoms with Crippen molar-refractivity contribution in [2.24, 2.45) is 0 Å². The Kier molecular flexibility index (Phi) is 12.7. The number of rotatable bonds is 15. The van der Waals surface area contributed by atoms with Crippen molar-refractivity contribution in [1.82, 2.24) is 5.32 Å². The second kappa shape index (κ2) is 13.8. The SMILES string of the molecule is CCC[CH2][Sn]([CH2]CCC)([CH2]CCC)/[C](=C/c1ccc(O[Si](C)(C)C(C)(C)C)cc1)NC=O. The molecule has 0 aliphatic carbocycles. The van der Waals surface area contributed by atoms with Crippen LogP contribution in [0.3, 0.4) is 0 Å². The minimum atomic E-state index is -2.70. The molecule has 0 heterocycles. The fourth-order valence-electron chi connectivity index (χ4n) is 3.98. The molecule has 0 saturated carbocycles. The zero-order valence-corrected chi connectivity index (χ0v) is 26.0. The maximum absolute atomic E-state index is 11.6. The van der Waals surface area contributed by atoms with Crippen molar-refractivity contribution in [3.63, 3.8) is 0 Å². The number of hydrogen-bond donors (Lipinski definition) is 1. The topological polar surface area (TPSA) is 38.3 Å². The minimum absolute atomic E-state index is 0.179. The number of amides is 1. The molecule has 1 aromatic carbocycles. The Bertz CT molecular complexity index is 686. The molecule has 0 unspecified atom stereocenters. The molecule has 5 heteroatoms. The summed E-state index contributed by atoms with van der Waals surface area (Å²) in [5.41, 5.74) is 1.17. The fraction of sp³-hybridized carbons (Fsp3) is 0.667. The average Bonchev–Trinajstić information content (AvgIpc) is 2.73. The van der Waals surface area contributed by atoms with Crippen molar-refractivity contribution in [2.75, 3.05) is 0 Å². The van der Waals surface area contributed by atoms with Crippen LogP contribution in [-0.4, -0.2) is 33.1 Å². The Morgan fingerprint density at radius 2 is 1.41 bits per heavy atom. The predicted octanol–water partition coefficient (Wildman–Crippen LogP) is 8.55. The van der Waals surface area contributed by atoms with Crippen molar-refractivity contribution in [1.29, 1.82) is 0 Å². The van der Waals surface area contributed by atoms with Crippen LogP contribution >= 0.6 is 0 Å². The number of carbonyl (C=O) groups is 1. The summed E-state index contributed by atoms with van der Waals surface area (Å²) in [6.45, 7) is 18.2. The maximum atomic E-state index is 11.6. The quantitative estimate of drug-likeness (QED) is 0.171. The predicted molar refractivity (Wildman–Crippen MR) is 146 cm³/mol. The van der Waals surface area contributed by atoms with Gasteiger partial charge in [0.1, 0.15) is 0 Å². The van der Waals surface area contributed by atoms with Crippen molar-refractivity contribution in [3.8, 4) is 5.75 Å². The summed E-state index contributed by atoms with van der Waals surface area (Å²) in [5, 5.41) is 3.40. The summed E-state index contributed by atoms with van der Waals surface area (Å²) in [6, 6.07) is 8.52. The first-order valence-corrected chi connectivity index (χ1v) is 23.2. The molecule has 0 aliphatic rings. The molecule has 0 spiro atoms. The van der Waals surface area contributed by atoms with Crippen molar-refractivity contribution in [3.05, 3.63) is 33.5 Å². The summed E-state index contributed by atoms with van der Waals surface area (Å²) in [6.07, 6.45) is 10.7. The van der Waals surface area contributed by atoms with Gasteiger partial charge in [0, 0.05) is 0 Å². The van der Waals surface area contributed by atoms with Crippen LogP contribution in [0.2, 0.25) is 31.4 Å². The first-order valence-electron chi connectivity index (χ1n) is 12.8. The van der Waals surface area contributed by atoms with Gasteiger partial charge >= 0.3 is 205 Å². The summed E-state index contributed by atoms with van der Waals surface area (Å²) < 4.78 is 11.8. The van der Waals surface area contributed by atoms with Gasteiger partial charge in [-0.1, -0.05) is 0 Å². The van der Waals surface area contributed by atoms with E-state index in [1.165, 1.54) is 61.1 Å². The molecular weight excluding hydrogens is 517 g/mol. The second-order valence-electron chi connectivity index (χ2n) is 10.8. The van der Waals surface area contributed by atoms with E-state index in [4.69, 9.17) is 4.43 Å². The zero-order valence-electron chi connectivity index (χ0n) is 22.1. The Hall–Kier alpha value is -0.754. The van der Waals surface area contributed by atoms with E-state index in [0.29, 0.717) is 0 Å².